The summed E-state index contributed by atoms with van der Waals surface area (Å²) in [4.78, 5) is 7.93. The van der Waals surface area contributed by atoms with Gasteiger partial charge in [0.15, 0.2) is 0 Å². The second kappa shape index (κ2) is 4.93. The van der Waals surface area contributed by atoms with E-state index < -0.39 is 0 Å². The molecule has 0 unspecified atom stereocenters. The van der Waals surface area contributed by atoms with Crippen LogP contribution in [0, 0.1) is 0 Å². The number of nitrogens with zero attached hydrogens (tertiary/aromatic N) is 4. The van der Waals surface area contributed by atoms with Gasteiger partial charge in [0.2, 0.25) is 5.95 Å². The van der Waals surface area contributed by atoms with Gasteiger partial charge >= 0.3 is 0 Å². The molecule has 16 heavy (non-hydrogen) atoms. The third-order valence-corrected chi connectivity index (χ3v) is 2.54. The van der Waals surface area contributed by atoms with Crippen molar-refractivity contribution in [1.29, 1.82) is 0 Å². The van der Waals surface area contributed by atoms with Gasteiger partial charge in [0.1, 0.15) is 5.82 Å². The molecular formula is C9H11BrN6. The third kappa shape index (κ3) is 2.69. The number of rotatable bonds is 4. The molecule has 0 amide bonds. The first-order chi connectivity index (χ1) is 7.75. The molecule has 0 saturated carbocycles. The first-order valence-corrected chi connectivity index (χ1v) is 5.54. The number of nitrogen functional groups attached to an aromatic ring is 1. The van der Waals surface area contributed by atoms with Crippen LogP contribution in [0.2, 0.25) is 0 Å². The smallest absolute Gasteiger partial charge is 0.221 e. The van der Waals surface area contributed by atoms with Gasteiger partial charge in [-0.2, -0.15) is 10.1 Å². The summed E-state index contributed by atoms with van der Waals surface area (Å²) in [5, 5.41) is 7.25. The van der Waals surface area contributed by atoms with Crippen LogP contribution in [-0.4, -0.2) is 26.3 Å². The fourth-order valence-electron chi connectivity index (χ4n) is 1.23. The average molecular weight is 283 g/mol. The van der Waals surface area contributed by atoms with Crippen LogP contribution in [0.25, 0.3) is 0 Å². The summed E-state index contributed by atoms with van der Waals surface area (Å²) in [7, 11) is 0. The number of halogens is 1. The van der Waals surface area contributed by atoms with E-state index in [0.717, 1.165) is 17.6 Å². The van der Waals surface area contributed by atoms with Crippen LogP contribution >= 0.6 is 15.9 Å². The summed E-state index contributed by atoms with van der Waals surface area (Å²) >= 11 is 3.34. The quantitative estimate of drug-likeness (QED) is 0.879. The molecule has 2 rings (SSSR count). The van der Waals surface area contributed by atoms with Crippen molar-refractivity contribution in [1.82, 2.24) is 19.7 Å². The Morgan fingerprint density at radius 1 is 1.50 bits per heavy atom. The zero-order valence-corrected chi connectivity index (χ0v) is 10.1. The van der Waals surface area contributed by atoms with E-state index in [-0.39, 0.29) is 5.95 Å². The second-order valence-corrected chi connectivity index (χ2v) is 3.97. The van der Waals surface area contributed by atoms with Crippen LogP contribution in [0.4, 0.5) is 11.8 Å². The predicted molar refractivity (Wildman–Crippen MR) is 64.9 cm³/mol. The Labute approximate surface area is 101 Å². The van der Waals surface area contributed by atoms with Crippen molar-refractivity contribution in [3.05, 3.63) is 29.1 Å². The SMILES string of the molecule is Nc1ncc(Br)c(NCCn2cccn2)n1. The molecule has 0 atom stereocenters. The Bertz CT molecular complexity index is 455. The van der Waals surface area contributed by atoms with Gasteiger partial charge in [0.25, 0.3) is 0 Å². The highest BCUT2D eigenvalue weighted by atomic mass is 79.9. The highest BCUT2D eigenvalue weighted by Crippen LogP contribution is 2.18. The molecule has 0 aliphatic heterocycles. The van der Waals surface area contributed by atoms with E-state index >= 15 is 0 Å². The van der Waals surface area contributed by atoms with Gasteiger partial charge in [0.05, 0.1) is 11.0 Å². The molecule has 0 spiro atoms. The van der Waals surface area contributed by atoms with Crippen LogP contribution in [0.5, 0.6) is 0 Å². The Morgan fingerprint density at radius 3 is 3.12 bits per heavy atom. The van der Waals surface area contributed by atoms with E-state index in [1.165, 1.54) is 0 Å². The number of hydrogen-bond acceptors (Lipinski definition) is 5. The van der Waals surface area contributed by atoms with Crippen molar-refractivity contribution in [3.8, 4) is 0 Å². The van der Waals surface area contributed by atoms with Crippen LogP contribution < -0.4 is 11.1 Å². The van der Waals surface area contributed by atoms with Gasteiger partial charge in [-0.1, -0.05) is 0 Å². The van der Waals surface area contributed by atoms with Gasteiger partial charge in [0, 0.05) is 25.1 Å². The van der Waals surface area contributed by atoms with Gasteiger partial charge in [-0.3, -0.25) is 4.68 Å². The Morgan fingerprint density at radius 2 is 2.38 bits per heavy atom. The Kier molecular flexibility index (Phi) is 3.35. The lowest BCUT2D eigenvalue weighted by molar-refractivity contribution is 0.637. The average Bonchev–Trinajstić information content (AvgIpc) is 2.76. The van der Waals surface area contributed by atoms with Crippen LogP contribution in [-0.2, 0) is 6.54 Å². The predicted octanol–water partition coefficient (Wildman–Crippen LogP) is 1.13. The third-order valence-electron chi connectivity index (χ3n) is 1.96. The maximum Gasteiger partial charge on any atom is 0.221 e. The van der Waals surface area contributed by atoms with E-state index in [4.69, 9.17) is 5.73 Å². The molecule has 0 saturated heterocycles. The molecule has 6 nitrogen and oxygen atoms in total. The monoisotopic (exact) mass is 282 g/mol. The second-order valence-electron chi connectivity index (χ2n) is 3.12. The molecular weight excluding hydrogens is 272 g/mol. The van der Waals surface area contributed by atoms with E-state index in [1.54, 1.807) is 12.4 Å². The summed E-state index contributed by atoms with van der Waals surface area (Å²) in [6, 6.07) is 1.89. The summed E-state index contributed by atoms with van der Waals surface area (Å²) in [6.07, 6.45) is 5.28. The summed E-state index contributed by atoms with van der Waals surface area (Å²) in [5.41, 5.74) is 5.49. The number of nitrogens with two attached hydrogens (primary N) is 1. The van der Waals surface area contributed by atoms with E-state index in [2.05, 4.69) is 36.3 Å². The Hall–Kier alpha value is -1.63. The normalized spacial score (nSPS) is 10.3. The molecule has 2 heterocycles. The maximum atomic E-state index is 5.49. The summed E-state index contributed by atoms with van der Waals surface area (Å²) in [5.74, 6) is 0.949. The van der Waals surface area contributed by atoms with Gasteiger partial charge < -0.3 is 11.1 Å². The molecule has 0 radical (unpaired) electrons. The number of hydrogen-bond donors (Lipinski definition) is 2. The minimum absolute atomic E-state index is 0.254. The van der Waals surface area contributed by atoms with E-state index in [9.17, 15) is 0 Å². The van der Waals surface area contributed by atoms with Gasteiger partial charge in [-0.25, -0.2) is 4.98 Å². The van der Waals surface area contributed by atoms with Crippen molar-refractivity contribution in [2.75, 3.05) is 17.6 Å². The number of aromatic nitrogens is 4. The van der Waals surface area contributed by atoms with E-state index in [1.807, 2.05) is 16.9 Å². The molecule has 2 aromatic heterocycles. The lowest BCUT2D eigenvalue weighted by Gasteiger charge is -2.07. The van der Waals surface area contributed by atoms with Crippen molar-refractivity contribution >= 4 is 27.7 Å². The molecule has 0 fully saturated rings. The van der Waals surface area contributed by atoms with Crippen LogP contribution in [0.3, 0.4) is 0 Å². The van der Waals surface area contributed by atoms with Gasteiger partial charge in [-0.05, 0) is 22.0 Å². The van der Waals surface area contributed by atoms with Gasteiger partial charge in [-0.15, -0.1) is 0 Å². The van der Waals surface area contributed by atoms with Crippen LogP contribution in [0.15, 0.2) is 29.1 Å². The number of nitrogens with one attached hydrogen (secondary N) is 1. The molecule has 84 valence electrons. The fourth-order valence-corrected chi connectivity index (χ4v) is 1.56. The molecule has 3 N–H and O–H groups in total. The summed E-state index contributed by atoms with van der Waals surface area (Å²) < 4.78 is 2.63. The van der Waals surface area contributed by atoms with E-state index in [0.29, 0.717) is 5.82 Å². The first-order valence-electron chi connectivity index (χ1n) is 4.75. The highest BCUT2D eigenvalue weighted by molar-refractivity contribution is 9.10. The standard InChI is InChI=1S/C9H11BrN6/c10-7-6-13-9(11)15-8(7)12-3-5-16-4-1-2-14-16/h1-2,4,6H,3,5H2,(H3,11,12,13,15). The molecule has 0 bridgehead atoms. The molecule has 7 heteroatoms. The zero-order chi connectivity index (χ0) is 11.4. The highest BCUT2D eigenvalue weighted by Gasteiger charge is 2.02. The van der Waals surface area contributed by atoms with Crippen molar-refractivity contribution in [3.63, 3.8) is 0 Å². The molecule has 2 aromatic rings. The lowest BCUT2D eigenvalue weighted by Crippen LogP contribution is -2.12. The summed E-state index contributed by atoms with van der Waals surface area (Å²) in [6.45, 7) is 1.49. The zero-order valence-electron chi connectivity index (χ0n) is 8.47. The Balaban J connectivity index is 1.92. The van der Waals surface area contributed by atoms with Crippen molar-refractivity contribution in [2.45, 2.75) is 6.54 Å². The van der Waals surface area contributed by atoms with Crippen molar-refractivity contribution < 1.29 is 0 Å². The number of anilines is 2. The minimum atomic E-state index is 0.254. The van der Waals surface area contributed by atoms with Crippen LogP contribution in [0.1, 0.15) is 0 Å². The first kappa shape index (κ1) is 10.9. The maximum absolute atomic E-state index is 5.49. The largest absolute Gasteiger partial charge is 0.368 e. The topological polar surface area (TPSA) is 81.6 Å². The molecule has 0 aliphatic rings. The molecule has 0 aromatic carbocycles. The lowest BCUT2D eigenvalue weighted by atomic mass is 10.5. The van der Waals surface area contributed by atoms with Crippen molar-refractivity contribution in [2.24, 2.45) is 0 Å². The fraction of sp³-hybridized carbons (Fsp3) is 0.222. The minimum Gasteiger partial charge on any atom is -0.368 e. The molecule has 0 aliphatic carbocycles.